The van der Waals surface area contributed by atoms with Gasteiger partial charge in [0, 0.05) is 10.0 Å². The van der Waals surface area contributed by atoms with E-state index in [1.807, 2.05) is 6.07 Å². The van der Waals surface area contributed by atoms with Gasteiger partial charge >= 0.3 is 0 Å². The number of hydrogen-bond donors (Lipinski definition) is 0. The largest absolute Gasteiger partial charge is 0.493 e. The van der Waals surface area contributed by atoms with Crippen LogP contribution in [-0.2, 0) is 6.61 Å². The molecular weight excluding hydrogens is 361 g/mol. The van der Waals surface area contributed by atoms with Gasteiger partial charge in [-0.2, -0.15) is 5.26 Å². The van der Waals surface area contributed by atoms with Crippen LogP contribution in [0.15, 0.2) is 34.8 Å². The van der Waals surface area contributed by atoms with Gasteiger partial charge in [-0.05, 0) is 24.3 Å². The molecule has 0 aliphatic rings. The van der Waals surface area contributed by atoms with Crippen molar-refractivity contribution < 1.29 is 13.9 Å². The molecule has 3 nitrogen and oxygen atoms in total. The summed E-state index contributed by atoms with van der Waals surface area (Å²) in [4.78, 5) is 0. The van der Waals surface area contributed by atoms with Crippen molar-refractivity contribution in [3.63, 3.8) is 0 Å². The molecule has 21 heavy (non-hydrogen) atoms. The number of ether oxygens (including phenoxy) is 2. The van der Waals surface area contributed by atoms with Crippen molar-refractivity contribution in [3.05, 3.63) is 56.8 Å². The summed E-state index contributed by atoms with van der Waals surface area (Å²) in [6.45, 7) is -0.0990. The molecule has 0 spiro atoms. The first kappa shape index (κ1) is 15.6. The average Bonchev–Trinajstić information content (AvgIpc) is 2.47. The maximum Gasteiger partial charge on any atom is 0.179 e. The van der Waals surface area contributed by atoms with Crippen molar-refractivity contribution in [2.75, 3.05) is 7.11 Å². The lowest BCUT2D eigenvalue weighted by Crippen LogP contribution is -2.02. The maximum absolute atomic E-state index is 13.7. The zero-order valence-corrected chi connectivity index (χ0v) is 13.3. The highest BCUT2D eigenvalue weighted by atomic mass is 79.9. The monoisotopic (exact) mass is 369 g/mol. The zero-order valence-electron chi connectivity index (χ0n) is 11.0. The summed E-state index contributed by atoms with van der Waals surface area (Å²) in [6, 6.07) is 9.67. The molecule has 0 atom stereocenters. The van der Waals surface area contributed by atoms with E-state index in [1.165, 1.54) is 19.2 Å². The lowest BCUT2D eigenvalue weighted by Gasteiger charge is -2.13. The Morgan fingerprint density at radius 1 is 1.38 bits per heavy atom. The predicted octanol–water partition coefficient (Wildman–Crippen LogP) is 4.70. The molecule has 0 radical (unpaired) electrons. The standard InChI is InChI=1S/C15H10BrClFNO2/c1-20-14-6-10(16)5-9(7-19)15(14)21-8-11-12(17)3-2-4-13(11)18/h2-6H,8H2,1H3. The Morgan fingerprint density at radius 3 is 2.76 bits per heavy atom. The number of methoxy groups -OCH3 is 1. The van der Waals surface area contributed by atoms with Gasteiger partial charge in [0.15, 0.2) is 11.5 Å². The minimum absolute atomic E-state index is 0.0990. The van der Waals surface area contributed by atoms with Crippen LogP contribution in [0.2, 0.25) is 5.02 Å². The van der Waals surface area contributed by atoms with Crippen LogP contribution in [-0.4, -0.2) is 7.11 Å². The number of halogens is 3. The molecule has 2 aromatic carbocycles. The molecule has 0 aliphatic heterocycles. The molecule has 0 N–H and O–H groups in total. The molecule has 108 valence electrons. The van der Waals surface area contributed by atoms with E-state index >= 15 is 0 Å². The van der Waals surface area contributed by atoms with E-state index in [4.69, 9.17) is 26.3 Å². The first-order valence-electron chi connectivity index (χ1n) is 5.90. The molecule has 6 heteroatoms. The summed E-state index contributed by atoms with van der Waals surface area (Å²) in [6.07, 6.45) is 0. The smallest absolute Gasteiger partial charge is 0.179 e. The fourth-order valence-corrected chi connectivity index (χ4v) is 2.42. The van der Waals surface area contributed by atoms with Gasteiger partial charge in [0.05, 0.1) is 17.7 Å². The van der Waals surface area contributed by atoms with Gasteiger partial charge in [-0.25, -0.2) is 4.39 Å². The fourth-order valence-electron chi connectivity index (χ4n) is 1.77. The summed E-state index contributed by atoms with van der Waals surface area (Å²) in [5, 5.41) is 9.43. The summed E-state index contributed by atoms with van der Waals surface area (Å²) in [5.74, 6) is 0.174. The molecule has 2 rings (SSSR count). The van der Waals surface area contributed by atoms with Crippen molar-refractivity contribution in [3.8, 4) is 17.6 Å². The lowest BCUT2D eigenvalue weighted by molar-refractivity contribution is 0.279. The number of hydrogen-bond acceptors (Lipinski definition) is 3. The Kier molecular flexibility index (Phi) is 5.05. The molecule has 0 bridgehead atoms. The van der Waals surface area contributed by atoms with E-state index < -0.39 is 5.82 Å². The fraction of sp³-hybridized carbons (Fsp3) is 0.133. The van der Waals surface area contributed by atoms with Crippen molar-refractivity contribution in [2.45, 2.75) is 6.61 Å². The number of nitriles is 1. The molecular formula is C15H10BrClFNO2. The lowest BCUT2D eigenvalue weighted by atomic mass is 10.2. The van der Waals surface area contributed by atoms with Crippen LogP contribution >= 0.6 is 27.5 Å². The van der Waals surface area contributed by atoms with E-state index in [1.54, 1.807) is 18.2 Å². The molecule has 0 heterocycles. The van der Waals surface area contributed by atoms with E-state index in [0.717, 1.165) is 0 Å². The summed E-state index contributed by atoms with van der Waals surface area (Å²) < 4.78 is 25.1. The van der Waals surface area contributed by atoms with Gasteiger partial charge in [0.25, 0.3) is 0 Å². The zero-order chi connectivity index (χ0) is 15.4. The molecule has 0 aromatic heterocycles. The summed E-state index contributed by atoms with van der Waals surface area (Å²) in [5.41, 5.74) is 0.515. The number of benzene rings is 2. The molecule has 0 saturated carbocycles. The Labute approximate surface area is 135 Å². The van der Waals surface area contributed by atoms with Crippen LogP contribution in [0.4, 0.5) is 4.39 Å². The third-order valence-corrected chi connectivity index (χ3v) is 3.59. The molecule has 2 aromatic rings. The number of nitrogens with zero attached hydrogens (tertiary/aromatic N) is 1. The molecule has 0 saturated heterocycles. The van der Waals surface area contributed by atoms with Gasteiger partial charge in [0.2, 0.25) is 0 Å². The van der Waals surface area contributed by atoms with Gasteiger partial charge in [-0.3, -0.25) is 0 Å². The van der Waals surface area contributed by atoms with Crippen LogP contribution in [0.25, 0.3) is 0 Å². The summed E-state index contributed by atoms with van der Waals surface area (Å²) >= 11 is 9.22. The van der Waals surface area contributed by atoms with Gasteiger partial charge in [-0.1, -0.05) is 33.6 Å². The Balaban J connectivity index is 2.34. The second kappa shape index (κ2) is 6.79. The van der Waals surface area contributed by atoms with Crippen LogP contribution in [0.3, 0.4) is 0 Å². The summed E-state index contributed by atoms with van der Waals surface area (Å²) in [7, 11) is 1.46. The first-order valence-corrected chi connectivity index (χ1v) is 7.07. The molecule has 0 fully saturated rings. The van der Waals surface area contributed by atoms with Crippen molar-refractivity contribution in [1.82, 2.24) is 0 Å². The highest BCUT2D eigenvalue weighted by Crippen LogP contribution is 2.35. The van der Waals surface area contributed by atoms with Crippen LogP contribution in [0.5, 0.6) is 11.5 Å². The highest BCUT2D eigenvalue weighted by Gasteiger charge is 2.15. The first-order chi connectivity index (χ1) is 10.1. The predicted molar refractivity (Wildman–Crippen MR) is 81.2 cm³/mol. The molecule has 0 aliphatic carbocycles. The van der Waals surface area contributed by atoms with Crippen molar-refractivity contribution in [2.24, 2.45) is 0 Å². The SMILES string of the molecule is COc1cc(Br)cc(C#N)c1OCc1c(F)cccc1Cl. The van der Waals surface area contributed by atoms with Crippen LogP contribution in [0, 0.1) is 17.1 Å². The molecule has 0 unspecified atom stereocenters. The number of rotatable bonds is 4. The van der Waals surface area contributed by atoms with Gasteiger partial charge in [0.1, 0.15) is 18.5 Å². The van der Waals surface area contributed by atoms with Gasteiger partial charge in [-0.15, -0.1) is 0 Å². The van der Waals surface area contributed by atoms with Crippen LogP contribution < -0.4 is 9.47 Å². The topological polar surface area (TPSA) is 42.2 Å². The second-order valence-electron chi connectivity index (χ2n) is 4.09. The minimum atomic E-state index is -0.461. The van der Waals surface area contributed by atoms with Crippen molar-refractivity contribution >= 4 is 27.5 Å². The third kappa shape index (κ3) is 3.46. The van der Waals surface area contributed by atoms with Crippen molar-refractivity contribution in [1.29, 1.82) is 5.26 Å². The average molecular weight is 371 g/mol. The normalized spacial score (nSPS) is 10.0. The second-order valence-corrected chi connectivity index (χ2v) is 5.41. The van der Waals surface area contributed by atoms with Gasteiger partial charge < -0.3 is 9.47 Å². The van der Waals surface area contributed by atoms with Crippen LogP contribution in [0.1, 0.15) is 11.1 Å². The van der Waals surface area contributed by atoms with E-state index in [2.05, 4.69) is 15.9 Å². The Morgan fingerprint density at radius 2 is 2.14 bits per heavy atom. The van der Waals surface area contributed by atoms with E-state index in [0.29, 0.717) is 10.2 Å². The quantitative estimate of drug-likeness (QED) is 0.783. The highest BCUT2D eigenvalue weighted by molar-refractivity contribution is 9.10. The van der Waals surface area contributed by atoms with E-state index in [9.17, 15) is 4.39 Å². The molecule has 0 amide bonds. The Bertz CT molecular complexity index is 695. The third-order valence-electron chi connectivity index (χ3n) is 2.78. The van der Waals surface area contributed by atoms with E-state index in [-0.39, 0.29) is 28.5 Å². The minimum Gasteiger partial charge on any atom is -0.493 e. The Hall–Kier alpha value is -1.77. The maximum atomic E-state index is 13.7.